The molecular formula is C12H16ClN5. The first-order valence-electron chi connectivity index (χ1n) is 6.00. The van der Waals surface area contributed by atoms with Crippen LogP contribution in [0.2, 0.25) is 5.02 Å². The Morgan fingerprint density at radius 3 is 2.89 bits per heavy atom. The summed E-state index contributed by atoms with van der Waals surface area (Å²) in [6.45, 7) is 5.09. The molecule has 0 bridgehead atoms. The topological polar surface area (TPSA) is 55.6 Å². The van der Waals surface area contributed by atoms with E-state index in [-0.39, 0.29) is 6.04 Å². The van der Waals surface area contributed by atoms with Gasteiger partial charge in [-0.1, -0.05) is 30.7 Å². The van der Waals surface area contributed by atoms with Crippen molar-refractivity contribution in [2.24, 2.45) is 0 Å². The molecule has 2 rings (SSSR count). The molecule has 6 heteroatoms. The van der Waals surface area contributed by atoms with E-state index < -0.39 is 0 Å². The van der Waals surface area contributed by atoms with Crippen molar-refractivity contribution in [1.29, 1.82) is 0 Å². The SMILES string of the molecule is CCCNC(C)c1nnnn1-c1ccccc1Cl. The summed E-state index contributed by atoms with van der Waals surface area (Å²) in [4.78, 5) is 0. The summed E-state index contributed by atoms with van der Waals surface area (Å²) in [5.41, 5.74) is 0.796. The van der Waals surface area contributed by atoms with E-state index >= 15 is 0 Å². The fourth-order valence-corrected chi connectivity index (χ4v) is 1.93. The lowest BCUT2D eigenvalue weighted by atomic mass is 10.2. The van der Waals surface area contributed by atoms with Gasteiger partial charge in [-0.3, -0.25) is 0 Å². The minimum Gasteiger partial charge on any atom is -0.307 e. The highest BCUT2D eigenvalue weighted by atomic mass is 35.5. The molecule has 1 aromatic carbocycles. The van der Waals surface area contributed by atoms with Crippen molar-refractivity contribution < 1.29 is 0 Å². The first-order chi connectivity index (χ1) is 8.74. The first-order valence-corrected chi connectivity index (χ1v) is 6.38. The average Bonchev–Trinajstić information content (AvgIpc) is 2.85. The highest BCUT2D eigenvalue weighted by Crippen LogP contribution is 2.21. The predicted octanol–water partition coefficient (Wildman–Crippen LogP) is 2.38. The Bertz CT molecular complexity index is 511. The molecule has 0 amide bonds. The van der Waals surface area contributed by atoms with Crippen LogP contribution in [0.1, 0.15) is 32.1 Å². The second kappa shape index (κ2) is 5.93. The van der Waals surface area contributed by atoms with Gasteiger partial charge < -0.3 is 5.32 Å². The molecular weight excluding hydrogens is 250 g/mol. The second-order valence-electron chi connectivity index (χ2n) is 4.08. The molecule has 18 heavy (non-hydrogen) atoms. The van der Waals surface area contributed by atoms with Crippen LogP contribution in [0.3, 0.4) is 0 Å². The Labute approximate surface area is 111 Å². The molecule has 1 aromatic heterocycles. The smallest absolute Gasteiger partial charge is 0.173 e. The fraction of sp³-hybridized carbons (Fsp3) is 0.417. The third kappa shape index (κ3) is 2.68. The molecule has 0 aliphatic heterocycles. The number of halogens is 1. The van der Waals surface area contributed by atoms with Crippen molar-refractivity contribution in [3.05, 3.63) is 35.1 Å². The number of para-hydroxylation sites is 1. The maximum absolute atomic E-state index is 6.16. The summed E-state index contributed by atoms with van der Waals surface area (Å²) in [6.07, 6.45) is 1.07. The number of rotatable bonds is 5. The number of nitrogens with one attached hydrogen (secondary N) is 1. The van der Waals surface area contributed by atoms with Gasteiger partial charge in [0, 0.05) is 0 Å². The molecule has 0 saturated heterocycles. The van der Waals surface area contributed by atoms with Crippen molar-refractivity contribution in [2.45, 2.75) is 26.3 Å². The van der Waals surface area contributed by atoms with E-state index in [1.54, 1.807) is 4.68 Å². The van der Waals surface area contributed by atoms with Crippen LogP contribution in [-0.2, 0) is 0 Å². The van der Waals surface area contributed by atoms with Crippen molar-refractivity contribution in [3.63, 3.8) is 0 Å². The zero-order chi connectivity index (χ0) is 13.0. The molecule has 0 fully saturated rings. The number of benzene rings is 1. The van der Waals surface area contributed by atoms with Gasteiger partial charge in [0.25, 0.3) is 0 Å². The van der Waals surface area contributed by atoms with Gasteiger partial charge in [0.1, 0.15) is 0 Å². The molecule has 0 radical (unpaired) electrons. The zero-order valence-electron chi connectivity index (χ0n) is 10.5. The molecule has 1 atom stereocenters. The normalized spacial score (nSPS) is 12.6. The molecule has 2 aromatic rings. The number of hydrogen-bond acceptors (Lipinski definition) is 4. The van der Waals surface area contributed by atoms with Crippen molar-refractivity contribution in [3.8, 4) is 5.69 Å². The summed E-state index contributed by atoms with van der Waals surface area (Å²) in [5, 5.41) is 15.8. The van der Waals surface area contributed by atoms with Crippen molar-refractivity contribution >= 4 is 11.6 Å². The Balaban J connectivity index is 2.30. The van der Waals surface area contributed by atoms with Gasteiger partial charge in [0.05, 0.1) is 16.8 Å². The van der Waals surface area contributed by atoms with E-state index in [0.717, 1.165) is 24.5 Å². The highest BCUT2D eigenvalue weighted by Gasteiger charge is 2.16. The second-order valence-corrected chi connectivity index (χ2v) is 4.48. The Hall–Kier alpha value is -1.46. The minimum absolute atomic E-state index is 0.0798. The van der Waals surface area contributed by atoms with E-state index in [0.29, 0.717) is 5.02 Å². The van der Waals surface area contributed by atoms with Crippen LogP contribution in [0.4, 0.5) is 0 Å². The van der Waals surface area contributed by atoms with Gasteiger partial charge in [0.15, 0.2) is 5.82 Å². The van der Waals surface area contributed by atoms with Gasteiger partial charge in [-0.05, 0) is 42.4 Å². The van der Waals surface area contributed by atoms with Crippen LogP contribution < -0.4 is 5.32 Å². The van der Waals surface area contributed by atoms with Gasteiger partial charge in [-0.2, -0.15) is 4.68 Å². The Morgan fingerprint density at radius 1 is 1.39 bits per heavy atom. The lowest BCUT2D eigenvalue weighted by Crippen LogP contribution is -2.22. The molecule has 0 spiro atoms. The number of tetrazole rings is 1. The maximum Gasteiger partial charge on any atom is 0.173 e. The lowest BCUT2D eigenvalue weighted by Gasteiger charge is -2.13. The summed E-state index contributed by atoms with van der Waals surface area (Å²) in [5.74, 6) is 0.761. The number of nitrogens with zero attached hydrogens (tertiary/aromatic N) is 4. The van der Waals surface area contributed by atoms with Crippen LogP contribution in [0, 0.1) is 0 Å². The predicted molar refractivity (Wildman–Crippen MR) is 70.9 cm³/mol. The lowest BCUT2D eigenvalue weighted by molar-refractivity contribution is 0.531. The maximum atomic E-state index is 6.16. The molecule has 1 N–H and O–H groups in total. The summed E-state index contributed by atoms with van der Waals surface area (Å²) in [6, 6.07) is 7.60. The fourth-order valence-electron chi connectivity index (χ4n) is 1.71. The van der Waals surface area contributed by atoms with Crippen LogP contribution >= 0.6 is 11.6 Å². The van der Waals surface area contributed by atoms with Crippen LogP contribution in [0.15, 0.2) is 24.3 Å². The summed E-state index contributed by atoms with van der Waals surface area (Å²) >= 11 is 6.16. The quantitative estimate of drug-likeness (QED) is 0.902. The van der Waals surface area contributed by atoms with E-state index in [9.17, 15) is 0 Å². The Morgan fingerprint density at radius 2 is 2.17 bits per heavy atom. The third-order valence-corrected chi connectivity index (χ3v) is 2.98. The summed E-state index contributed by atoms with van der Waals surface area (Å²) in [7, 11) is 0. The van der Waals surface area contributed by atoms with Crippen LogP contribution in [-0.4, -0.2) is 26.8 Å². The molecule has 1 heterocycles. The van der Waals surface area contributed by atoms with E-state index in [1.165, 1.54) is 0 Å². The Kier molecular flexibility index (Phi) is 4.28. The third-order valence-electron chi connectivity index (χ3n) is 2.66. The van der Waals surface area contributed by atoms with Gasteiger partial charge in [-0.15, -0.1) is 5.10 Å². The highest BCUT2D eigenvalue weighted by molar-refractivity contribution is 6.32. The van der Waals surface area contributed by atoms with Crippen molar-refractivity contribution in [1.82, 2.24) is 25.5 Å². The van der Waals surface area contributed by atoms with Crippen molar-refractivity contribution in [2.75, 3.05) is 6.54 Å². The van der Waals surface area contributed by atoms with Gasteiger partial charge in [0.2, 0.25) is 0 Å². The van der Waals surface area contributed by atoms with E-state index in [4.69, 9.17) is 11.6 Å². The van der Waals surface area contributed by atoms with E-state index in [1.807, 2.05) is 31.2 Å². The number of aromatic nitrogens is 4. The molecule has 0 saturated carbocycles. The van der Waals surface area contributed by atoms with Crippen LogP contribution in [0.25, 0.3) is 5.69 Å². The molecule has 0 aliphatic carbocycles. The molecule has 96 valence electrons. The van der Waals surface area contributed by atoms with Gasteiger partial charge in [-0.25, -0.2) is 0 Å². The van der Waals surface area contributed by atoms with Crippen LogP contribution in [0.5, 0.6) is 0 Å². The van der Waals surface area contributed by atoms with E-state index in [2.05, 4.69) is 27.8 Å². The summed E-state index contributed by atoms with van der Waals surface area (Å²) < 4.78 is 1.68. The largest absolute Gasteiger partial charge is 0.307 e. The van der Waals surface area contributed by atoms with Gasteiger partial charge >= 0.3 is 0 Å². The first kappa shape index (κ1) is 13.0. The molecule has 0 aliphatic rings. The number of hydrogen-bond donors (Lipinski definition) is 1. The molecule has 1 unspecified atom stereocenters. The average molecular weight is 266 g/mol. The minimum atomic E-state index is 0.0798. The standard InChI is InChI=1S/C12H16ClN5/c1-3-8-14-9(2)12-15-16-17-18(12)11-7-5-4-6-10(11)13/h4-7,9,14H,3,8H2,1-2H3. The zero-order valence-corrected chi connectivity index (χ0v) is 11.2. The monoisotopic (exact) mass is 265 g/mol. The molecule has 5 nitrogen and oxygen atoms in total.